The Kier molecular flexibility index (Phi) is 6.43. The Morgan fingerprint density at radius 1 is 1.12 bits per heavy atom. The second-order valence-electron chi connectivity index (χ2n) is 4.75. The number of carbonyl (C=O) groups is 1. The number of carbonyl (C=O) groups excluding carboxylic acids is 1. The summed E-state index contributed by atoms with van der Waals surface area (Å²) in [5.74, 6) is 0.942. The van der Waals surface area contributed by atoms with Crippen LogP contribution in [0, 0.1) is 5.82 Å². The van der Waals surface area contributed by atoms with E-state index in [2.05, 4.69) is 21.2 Å². The van der Waals surface area contributed by atoms with Crippen molar-refractivity contribution < 1.29 is 23.4 Å². The van der Waals surface area contributed by atoms with Gasteiger partial charge in [0.2, 0.25) is 0 Å². The summed E-state index contributed by atoms with van der Waals surface area (Å²) in [6.45, 7) is 0.569. The van der Waals surface area contributed by atoms with E-state index in [0.29, 0.717) is 33.8 Å². The summed E-state index contributed by atoms with van der Waals surface area (Å²) < 4.78 is 29.3. The number of benzene rings is 2. The third-order valence-electron chi connectivity index (χ3n) is 3.18. The van der Waals surface area contributed by atoms with Crippen LogP contribution in [0.3, 0.4) is 0 Å². The van der Waals surface area contributed by atoms with Gasteiger partial charge in [0.25, 0.3) is 5.91 Å². The molecule has 128 valence electrons. The molecule has 2 aromatic rings. The van der Waals surface area contributed by atoms with Gasteiger partial charge < -0.3 is 19.5 Å². The number of hydrogen-bond acceptors (Lipinski definition) is 4. The molecule has 0 saturated carbocycles. The summed E-state index contributed by atoms with van der Waals surface area (Å²) >= 11 is 3.35. The average molecular weight is 398 g/mol. The molecule has 0 saturated heterocycles. The Labute approximate surface area is 147 Å². The molecule has 1 amide bonds. The fourth-order valence-corrected chi connectivity index (χ4v) is 2.52. The third-order valence-corrected chi connectivity index (χ3v) is 3.96. The molecule has 5 nitrogen and oxygen atoms in total. The summed E-state index contributed by atoms with van der Waals surface area (Å²) in [5.41, 5.74) is 0.411. The predicted octanol–water partition coefficient (Wildman–Crippen LogP) is 3.41. The lowest BCUT2D eigenvalue weighted by Gasteiger charge is -2.12. The molecule has 0 spiro atoms. The topological polar surface area (TPSA) is 56.8 Å². The number of hydrogen-bond donors (Lipinski definition) is 1. The molecule has 0 unspecified atom stereocenters. The van der Waals surface area contributed by atoms with Gasteiger partial charge in [-0.3, -0.25) is 4.79 Å². The number of nitrogens with one attached hydrogen (secondary N) is 1. The van der Waals surface area contributed by atoms with Gasteiger partial charge in [0, 0.05) is 5.56 Å². The van der Waals surface area contributed by atoms with Gasteiger partial charge in [0.05, 0.1) is 20.8 Å². The van der Waals surface area contributed by atoms with Gasteiger partial charge in [-0.05, 0) is 52.3 Å². The van der Waals surface area contributed by atoms with Gasteiger partial charge in [0.1, 0.15) is 34.1 Å². The summed E-state index contributed by atoms with van der Waals surface area (Å²) in [6.07, 6.45) is 0. The SMILES string of the molecule is COc1cc(C(=O)NCCOc2ccc(F)cc2)cc(OC)c1Br. The van der Waals surface area contributed by atoms with Crippen LogP contribution < -0.4 is 19.5 Å². The van der Waals surface area contributed by atoms with E-state index in [0.717, 1.165) is 0 Å². The van der Waals surface area contributed by atoms with Crippen molar-refractivity contribution in [3.63, 3.8) is 0 Å². The Balaban J connectivity index is 1.91. The van der Waals surface area contributed by atoms with Crippen molar-refractivity contribution in [3.8, 4) is 17.2 Å². The minimum Gasteiger partial charge on any atom is -0.495 e. The maximum atomic E-state index is 12.8. The van der Waals surface area contributed by atoms with Gasteiger partial charge in [0.15, 0.2) is 0 Å². The highest BCUT2D eigenvalue weighted by Crippen LogP contribution is 2.35. The third kappa shape index (κ3) is 4.61. The summed E-state index contributed by atoms with van der Waals surface area (Å²) in [5, 5.41) is 2.74. The maximum Gasteiger partial charge on any atom is 0.251 e. The van der Waals surface area contributed by atoms with Crippen LogP contribution in [0.4, 0.5) is 4.39 Å². The fraction of sp³-hybridized carbons (Fsp3) is 0.235. The molecule has 0 aliphatic carbocycles. The van der Waals surface area contributed by atoms with E-state index in [9.17, 15) is 9.18 Å². The van der Waals surface area contributed by atoms with Crippen molar-refractivity contribution in [2.45, 2.75) is 0 Å². The van der Waals surface area contributed by atoms with Crippen molar-refractivity contribution in [2.24, 2.45) is 0 Å². The first kappa shape index (κ1) is 18.1. The maximum absolute atomic E-state index is 12.8. The fourth-order valence-electron chi connectivity index (χ4n) is 1.97. The molecule has 0 bridgehead atoms. The van der Waals surface area contributed by atoms with Crippen molar-refractivity contribution in [1.82, 2.24) is 5.32 Å². The van der Waals surface area contributed by atoms with Crippen molar-refractivity contribution in [1.29, 1.82) is 0 Å². The van der Waals surface area contributed by atoms with E-state index in [1.807, 2.05) is 0 Å². The average Bonchev–Trinajstić information content (AvgIpc) is 2.60. The zero-order chi connectivity index (χ0) is 17.5. The number of methoxy groups -OCH3 is 2. The Hall–Kier alpha value is -2.28. The lowest BCUT2D eigenvalue weighted by Crippen LogP contribution is -2.28. The zero-order valence-corrected chi connectivity index (χ0v) is 14.9. The number of amides is 1. The molecule has 0 aromatic heterocycles. The molecule has 0 aliphatic rings. The first-order valence-electron chi connectivity index (χ1n) is 7.13. The van der Waals surface area contributed by atoms with Gasteiger partial charge in [-0.1, -0.05) is 0 Å². The van der Waals surface area contributed by atoms with Crippen LogP contribution in [0.1, 0.15) is 10.4 Å². The molecule has 7 heteroatoms. The van der Waals surface area contributed by atoms with Crippen LogP contribution in [0.2, 0.25) is 0 Å². The van der Waals surface area contributed by atoms with E-state index < -0.39 is 0 Å². The molecule has 2 aromatic carbocycles. The van der Waals surface area contributed by atoms with Crippen LogP contribution >= 0.6 is 15.9 Å². The Bertz CT molecular complexity index is 681. The normalized spacial score (nSPS) is 10.2. The van der Waals surface area contributed by atoms with Crippen LogP contribution in [-0.2, 0) is 0 Å². The summed E-state index contributed by atoms with van der Waals surface area (Å²) in [7, 11) is 3.02. The van der Waals surface area contributed by atoms with Crippen LogP contribution in [-0.4, -0.2) is 33.3 Å². The monoisotopic (exact) mass is 397 g/mol. The number of rotatable bonds is 7. The predicted molar refractivity (Wildman–Crippen MR) is 91.5 cm³/mol. The van der Waals surface area contributed by atoms with E-state index in [1.54, 1.807) is 12.1 Å². The smallest absolute Gasteiger partial charge is 0.251 e. The minimum absolute atomic E-state index is 0.266. The minimum atomic E-state index is -0.325. The van der Waals surface area contributed by atoms with Gasteiger partial charge in [-0.2, -0.15) is 0 Å². The van der Waals surface area contributed by atoms with Gasteiger partial charge in [-0.15, -0.1) is 0 Å². The zero-order valence-electron chi connectivity index (χ0n) is 13.3. The Morgan fingerprint density at radius 2 is 1.71 bits per heavy atom. The van der Waals surface area contributed by atoms with Gasteiger partial charge >= 0.3 is 0 Å². The quantitative estimate of drug-likeness (QED) is 0.727. The summed E-state index contributed by atoms with van der Waals surface area (Å²) in [6, 6.07) is 8.91. The highest BCUT2D eigenvalue weighted by Gasteiger charge is 2.14. The second kappa shape index (κ2) is 8.54. The van der Waals surface area contributed by atoms with Crippen molar-refractivity contribution in [2.75, 3.05) is 27.4 Å². The lowest BCUT2D eigenvalue weighted by molar-refractivity contribution is 0.0946. The standard InChI is InChI=1S/C17H17BrFNO4/c1-22-14-9-11(10-15(23-2)16(14)18)17(21)20-7-8-24-13-5-3-12(19)4-6-13/h3-6,9-10H,7-8H2,1-2H3,(H,20,21). The van der Waals surface area contributed by atoms with Gasteiger partial charge in [-0.25, -0.2) is 4.39 Å². The van der Waals surface area contributed by atoms with Crippen LogP contribution in [0.5, 0.6) is 17.2 Å². The molecule has 0 radical (unpaired) electrons. The first-order chi connectivity index (χ1) is 11.5. The Morgan fingerprint density at radius 3 is 2.25 bits per heavy atom. The summed E-state index contributed by atoms with van der Waals surface area (Å²) in [4.78, 5) is 12.2. The highest BCUT2D eigenvalue weighted by molar-refractivity contribution is 9.10. The number of ether oxygens (including phenoxy) is 3. The number of halogens is 2. The second-order valence-corrected chi connectivity index (χ2v) is 5.55. The highest BCUT2D eigenvalue weighted by atomic mass is 79.9. The van der Waals surface area contributed by atoms with E-state index in [-0.39, 0.29) is 18.3 Å². The van der Waals surface area contributed by atoms with Crippen LogP contribution in [0.25, 0.3) is 0 Å². The van der Waals surface area contributed by atoms with E-state index >= 15 is 0 Å². The van der Waals surface area contributed by atoms with E-state index in [4.69, 9.17) is 14.2 Å². The molecule has 24 heavy (non-hydrogen) atoms. The lowest BCUT2D eigenvalue weighted by atomic mass is 10.2. The molecule has 1 N–H and O–H groups in total. The molecule has 0 aliphatic heterocycles. The largest absolute Gasteiger partial charge is 0.495 e. The van der Waals surface area contributed by atoms with Crippen LogP contribution in [0.15, 0.2) is 40.9 Å². The molecule has 2 rings (SSSR count). The molecule has 0 heterocycles. The molecule has 0 atom stereocenters. The first-order valence-corrected chi connectivity index (χ1v) is 7.92. The van der Waals surface area contributed by atoms with E-state index in [1.165, 1.54) is 38.5 Å². The molecular weight excluding hydrogens is 381 g/mol. The molecular formula is C17H17BrFNO4. The van der Waals surface area contributed by atoms with Crippen molar-refractivity contribution in [3.05, 3.63) is 52.3 Å². The van der Waals surface area contributed by atoms with Crippen molar-refractivity contribution >= 4 is 21.8 Å². The molecule has 0 fully saturated rings.